The third-order valence-electron chi connectivity index (χ3n) is 3.82. The maximum Gasteiger partial charge on any atom is 0.323 e. The second-order valence-corrected chi connectivity index (χ2v) is 5.70. The number of methoxy groups -OCH3 is 1. The van der Waals surface area contributed by atoms with Gasteiger partial charge in [0.1, 0.15) is 5.75 Å². The lowest BCUT2D eigenvalue weighted by Crippen LogP contribution is -2.20. The molecule has 0 aromatic heterocycles. The third-order valence-corrected chi connectivity index (χ3v) is 3.82. The van der Waals surface area contributed by atoms with Crippen molar-refractivity contribution in [2.24, 2.45) is 0 Å². The zero-order chi connectivity index (χ0) is 18.2. The minimum atomic E-state index is -0.285. The van der Waals surface area contributed by atoms with Crippen molar-refractivity contribution in [3.05, 3.63) is 84.4 Å². The Hall–Kier alpha value is -3.47. The van der Waals surface area contributed by atoms with E-state index < -0.39 is 0 Å². The molecule has 0 fully saturated rings. The normalized spacial score (nSPS) is 10.0. The van der Waals surface area contributed by atoms with Gasteiger partial charge >= 0.3 is 6.03 Å². The van der Waals surface area contributed by atoms with Crippen molar-refractivity contribution >= 4 is 23.1 Å². The molecule has 3 rings (SSSR count). The standard InChI is InChI=1S/C21H21N3O2/c1-26-18-11-7-8-16(14-18)15-22-19-12-5-6-13-20(19)24-21(25)23-17-9-3-2-4-10-17/h2-14,22H,15H2,1H3,(H2,23,24,25). The van der Waals surface area contributed by atoms with Crippen molar-refractivity contribution in [1.82, 2.24) is 0 Å². The molecule has 0 aliphatic rings. The summed E-state index contributed by atoms with van der Waals surface area (Å²) in [6.45, 7) is 0.621. The molecular weight excluding hydrogens is 326 g/mol. The van der Waals surface area contributed by atoms with Gasteiger partial charge in [-0.3, -0.25) is 0 Å². The lowest BCUT2D eigenvalue weighted by atomic mass is 10.2. The zero-order valence-corrected chi connectivity index (χ0v) is 14.5. The smallest absolute Gasteiger partial charge is 0.323 e. The number of carbonyl (C=O) groups excluding carboxylic acids is 1. The van der Waals surface area contributed by atoms with E-state index in [9.17, 15) is 4.79 Å². The van der Waals surface area contributed by atoms with Gasteiger partial charge in [-0.25, -0.2) is 4.79 Å². The highest BCUT2D eigenvalue weighted by Gasteiger charge is 2.07. The molecule has 0 unspecified atom stereocenters. The summed E-state index contributed by atoms with van der Waals surface area (Å²) in [6, 6.07) is 24.5. The summed E-state index contributed by atoms with van der Waals surface area (Å²) >= 11 is 0. The first-order valence-electron chi connectivity index (χ1n) is 8.33. The number of nitrogens with one attached hydrogen (secondary N) is 3. The lowest BCUT2D eigenvalue weighted by molar-refractivity contribution is 0.262. The number of carbonyl (C=O) groups is 1. The summed E-state index contributed by atoms with van der Waals surface area (Å²) in [5.41, 5.74) is 3.39. The molecule has 132 valence electrons. The molecule has 0 saturated heterocycles. The fourth-order valence-electron chi connectivity index (χ4n) is 2.53. The molecule has 0 spiro atoms. The van der Waals surface area contributed by atoms with Crippen LogP contribution in [0.5, 0.6) is 5.75 Å². The van der Waals surface area contributed by atoms with Gasteiger partial charge in [-0.15, -0.1) is 0 Å². The first-order chi connectivity index (χ1) is 12.7. The first kappa shape index (κ1) is 17.4. The summed E-state index contributed by atoms with van der Waals surface area (Å²) in [6.07, 6.45) is 0. The van der Waals surface area contributed by atoms with E-state index in [1.165, 1.54) is 0 Å². The Labute approximate surface area is 153 Å². The largest absolute Gasteiger partial charge is 0.497 e. The predicted molar refractivity (Wildman–Crippen MR) is 106 cm³/mol. The Kier molecular flexibility index (Phi) is 5.72. The van der Waals surface area contributed by atoms with Crippen molar-refractivity contribution in [3.8, 4) is 5.75 Å². The van der Waals surface area contributed by atoms with Crippen molar-refractivity contribution in [3.63, 3.8) is 0 Å². The lowest BCUT2D eigenvalue weighted by Gasteiger charge is -2.14. The number of para-hydroxylation sites is 3. The van der Waals surface area contributed by atoms with Gasteiger partial charge in [0, 0.05) is 12.2 Å². The SMILES string of the molecule is COc1cccc(CNc2ccccc2NC(=O)Nc2ccccc2)c1. The number of amides is 2. The van der Waals surface area contributed by atoms with Crippen LogP contribution in [0.1, 0.15) is 5.56 Å². The minimum Gasteiger partial charge on any atom is -0.497 e. The molecule has 0 saturated carbocycles. The van der Waals surface area contributed by atoms with Gasteiger partial charge in [0.25, 0.3) is 0 Å². The van der Waals surface area contributed by atoms with Gasteiger partial charge in [-0.1, -0.05) is 42.5 Å². The first-order valence-corrected chi connectivity index (χ1v) is 8.33. The number of urea groups is 1. The van der Waals surface area contributed by atoms with Gasteiger partial charge in [0.2, 0.25) is 0 Å². The Morgan fingerprint density at radius 1 is 0.846 bits per heavy atom. The maximum atomic E-state index is 12.2. The van der Waals surface area contributed by atoms with Crippen LogP contribution in [0.15, 0.2) is 78.9 Å². The van der Waals surface area contributed by atoms with Gasteiger partial charge in [-0.2, -0.15) is 0 Å². The molecule has 0 aliphatic carbocycles. The Bertz CT molecular complexity index is 866. The van der Waals surface area contributed by atoms with E-state index in [0.717, 1.165) is 22.7 Å². The second kappa shape index (κ2) is 8.58. The van der Waals surface area contributed by atoms with Crippen molar-refractivity contribution in [2.45, 2.75) is 6.54 Å². The van der Waals surface area contributed by atoms with E-state index >= 15 is 0 Å². The average molecular weight is 347 g/mol. The number of ether oxygens (including phenoxy) is 1. The molecular formula is C21H21N3O2. The minimum absolute atomic E-state index is 0.285. The topological polar surface area (TPSA) is 62.4 Å². The van der Waals surface area contributed by atoms with Crippen LogP contribution in [0.4, 0.5) is 21.9 Å². The fourth-order valence-corrected chi connectivity index (χ4v) is 2.53. The summed E-state index contributed by atoms with van der Waals surface area (Å²) in [4.78, 5) is 12.2. The molecule has 26 heavy (non-hydrogen) atoms. The van der Waals surface area contributed by atoms with Gasteiger partial charge in [-0.05, 0) is 42.0 Å². The average Bonchev–Trinajstić information content (AvgIpc) is 2.68. The van der Waals surface area contributed by atoms with Gasteiger partial charge in [0.05, 0.1) is 18.5 Å². The number of rotatable bonds is 6. The summed E-state index contributed by atoms with van der Waals surface area (Å²) in [5, 5.41) is 9.04. The van der Waals surface area contributed by atoms with Crippen molar-refractivity contribution in [2.75, 3.05) is 23.1 Å². The van der Waals surface area contributed by atoms with E-state index in [1.807, 2.05) is 78.9 Å². The quantitative estimate of drug-likeness (QED) is 0.591. The second-order valence-electron chi connectivity index (χ2n) is 5.70. The van der Waals surface area contributed by atoms with Crippen LogP contribution >= 0.6 is 0 Å². The van der Waals surface area contributed by atoms with Crippen LogP contribution in [0.3, 0.4) is 0 Å². The molecule has 5 nitrogen and oxygen atoms in total. The summed E-state index contributed by atoms with van der Waals surface area (Å²) in [5.74, 6) is 0.818. The van der Waals surface area contributed by atoms with Gasteiger partial charge in [0.15, 0.2) is 0 Å². The molecule has 0 heterocycles. The van der Waals surface area contributed by atoms with Crippen LogP contribution < -0.4 is 20.7 Å². The third kappa shape index (κ3) is 4.77. The van der Waals surface area contributed by atoms with E-state index in [2.05, 4.69) is 16.0 Å². The number of benzene rings is 3. The molecule has 0 bridgehead atoms. The van der Waals surface area contributed by atoms with Crippen LogP contribution in [0.25, 0.3) is 0 Å². The Morgan fingerprint density at radius 2 is 1.58 bits per heavy atom. The van der Waals surface area contributed by atoms with E-state index in [1.54, 1.807) is 7.11 Å². The summed E-state index contributed by atoms with van der Waals surface area (Å²) in [7, 11) is 1.65. The van der Waals surface area contributed by atoms with Crippen LogP contribution in [0, 0.1) is 0 Å². The zero-order valence-electron chi connectivity index (χ0n) is 14.5. The molecule has 3 aromatic carbocycles. The monoisotopic (exact) mass is 347 g/mol. The fraction of sp³-hybridized carbons (Fsp3) is 0.0952. The molecule has 2 amide bonds. The van der Waals surface area contributed by atoms with Crippen molar-refractivity contribution < 1.29 is 9.53 Å². The van der Waals surface area contributed by atoms with E-state index in [-0.39, 0.29) is 6.03 Å². The van der Waals surface area contributed by atoms with Crippen LogP contribution in [-0.2, 0) is 6.54 Å². The maximum absolute atomic E-state index is 12.2. The predicted octanol–water partition coefficient (Wildman–Crippen LogP) is 4.95. The highest BCUT2D eigenvalue weighted by molar-refractivity contribution is 6.01. The number of hydrogen-bond acceptors (Lipinski definition) is 3. The molecule has 0 radical (unpaired) electrons. The number of anilines is 3. The van der Waals surface area contributed by atoms with E-state index in [0.29, 0.717) is 12.2 Å². The van der Waals surface area contributed by atoms with Crippen LogP contribution in [-0.4, -0.2) is 13.1 Å². The Balaban J connectivity index is 1.65. The highest BCUT2D eigenvalue weighted by Crippen LogP contribution is 2.23. The molecule has 0 atom stereocenters. The van der Waals surface area contributed by atoms with E-state index in [4.69, 9.17) is 4.74 Å². The van der Waals surface area contributed by atoms with Crippen molar-refractivity contribution in [1.29, 1.82) is 0 Å². The molecule has 5 heteroatoms. The van der Waals surface area contributed by atoms with Gasteiger partial charge < -0.3 is 20.7 Å². The molecule has 0 aliphatic heterocycles. The Morgan fingerprint density at radius 3 is 2.35 bits per heavy atom. The molecule has 3 N–H and O–H groups in total. The number of hydrogen-bond donors (Lipinski definition) is 3. The van der Waals surface area contributed by atoms with Crippen LogP contribution in [0.2, 0.25) is 0 Å². The highest BCUT2D eigenvalue weighted by atomic mass is 16.5. The summed E-state index contributed by atoms with van der Waals surface area (Å²) < 4.78 is 5.25. The molecule has 3 aromatic rings.